The molecule has 3 rings (SSSR count). The van der Waals surface area contributed by atoms with Crippen molar-refractivity contribution in [3.63, 3.8) is 0 Å². The van der Waals surface area contributed by atoms with E-state index in [1.807, 2.05) is 6.92 Å². The van der Waals surface area contributed by atoms with Gasteiger partial charge in [0.25, 0.3) is 15.9 Å². The Kier molecular flexibility index (Phi) is 12.0. The third kappa shape index (κ3) is 9.16. The molecular formula is C29H47N5O6S. The molecule has 0 unspecified atom stereocenters. The zero-order valence-corrected chi connectivity index (χ0v) is 26.1. The van der Waals surface area contributed by atoms with Crippen LogP contribution in [0.25, 0.3) is 0 Å². The lowest BCUT2D eigenvalue weighted by atomic mass is 10.0. The van der Waals surface area contributed by atoms with Gasteiger partial charge in [-0.2, -0.15) is 8.42 Å². The van der Waals surface area contributed by atoms with Gasteiger partial charge in [-0.15, -0.1) is 0 Å². The topological polar surface area (TPSA) is 126 Å². The first-order valence-corrected chi connectivity index (χ1v) is 16.0. The van der Waals surface area contributed by atoms with Crippen LogP contribution in [0.3, 0.4) is 0 Å². The highest BCUT2D eigenvalue weighted by molar-refractivity contribution is 7.92. The van der Waals surface area contributed by atoms with E-state index in [-0.39, 0.29) is 46.9 Å². The zero-order chi connectivity index (χ0) is 30.2. The molecule has 2 N–H and O–H groups in total. The average Bonchev–Trinajstić information content (AvgIpc) is 3.37. The minimum Gasteiger partial charge on any atom is -0.490 e. The molecule has 2 heterocycles. The van der Waals surface area contributed by atoms with Crippen molar-refractivity contribution in [1.29, 1.82) is 0 Å². The van der Waals surface area contributed by atoms with Crippen molar-refractivity contribution in [3.05, 3.63) is 36.3 Å². The molecule has 2 aromatic rings. The van der Waals surface area contributed by atoms with E-state index in [0.717, 1.165) is 38.8 Å². The van der Waals surface area contributed by atoms with E-state index < -0.39 is 16.1 Å². The molecule has 230 valence electrons. The predicted molar refractivity (Wildman–Crippen MR) is 159 cm³/mol. The minimum absolute atomic E-state index is 0.0238. The van der Waals surface area contributed by atoms with Crippen LogP contribution in [0.4, 0.5) is 5.69 Å². The van der Waals surface area contributed by atoms with Crippen LogP contribution >= 0.6 is 0 Å². The number of benzene rings is 1. The van der Waals surface area contributed by atoms with E-state index in [1.54, 1.807) is 35.6 Å². The summed E-state index contributed by atoms with van der Waals surface area (Å²) in [6.07, 6.45) is 6.15. The number of nitrogens with one attached hydrogen (secondary N) is 1. The van der Waals surface area contributed by atoms with Crippen LogP contribution in [-0.4, -0.2) is 96.9 Å². The molecular weight excluding hydrogens is 546 g/mol. The van der Waals surface area contributed by atoms with E-state index in [1.165, 1.54) is 18.6 Å². The number of fused-ring (bicyclic) bond motifs is 1. The quantitative estimate of drug-likeness (QED) is 0.453. The molecule has 0 aliphatic carbocycles. The van der Waals surface area contributed by atoms with Crippen LogP contribution in [0.1, 0.15) is 63.7 Å². The van der Waals surface area contributed by atoms with Gasteiger partial charge in [0.05, 0.1) is 36.7 Å². The van der Waals surface area contributed by atoms with Crippen molar-refractivity contribution in [1.82, 2.24) is 19.4 Å². The van der Waals surface area contributed by atoms with Crippen molar-refractivity contribution in [3.8, 4) is 5.75 Å². The van der Waals surface area contributed by atoms with Crippen LogP contribution in [0.15, 0.2) is 35.7 Å². The molecule has 0 bridgehead atoms. The number of ether oxygens (including phenoxy) is 2. The van der Waals surface area contributed by atoms with Crippen LogP contribution in [-0.2, 0) is 21.8 Å². The molecule has 12 heteroatoms. The number of sulfonamides is 1. The second-order valence-electron chi connectivity index (χ2n) is 11.3. The summed E-state index contributed by atoms with van der Waals surface area (Å²) in [6, 6.07) is 4.23. The Morgan fingerprint density at radius 3 is 2.68 bits per heavy atom. The number of nitrogens with zero attached hydrogens (tertiary/aromatic N) is 4. The smallest absolute Gasteiger partial charge is 0.280 e. The lowest BCUT2D eigenvalue weighted by molar-refractivity contribution is -0.0167. The van der Waals surface area contributed by atoms with Crippen molar-refractivity contribution >= 4 is 21.6 Å². The molecule has 0 saturated heterocycles. The molecule has 0 fully saturated rings. The fraction of sp³-hybridized carbons (Fsp3) is 0.655. The molecule has 4 atom stereocenters. The number of carbonyl (C=O) groups is 1. The molecule has 0 spiro atoms. The van der Waals surface area contributed by atoms with Crippen LogP contribution < -0.4 is 9.46 Å². The van der Waals surface area contributed by atoms with Crippen molar-refractivity contribution in [2.45, 2.75) is 76.7 Å². The first-order chi connectivity index (χ1) is 19.4. The maximum Gasteiger partial charge on any atom is 0.280 e. The normalized spacial score (nSPS) is 22.1. The van der Waals surface area contributed by atoms with Gasteiger partial charge in [0, 0.05) is 44.5 Å². The Hall–Kier alpha value is -2.67. The number of aryl methyl sites for hydroxylation is 1. The maximum atomic E-state index is 14.2. The average molecular weight is 594 g/mol. The van der Waals surface area contributed by atoms with Crippen LogP contribution in [0.5, 0.6) is 5.75 Å². The number of hydrogen-bond acceptors (Lipinski definition) is 8. The number of likely N-dealkylation sites (N-methyl/N-ethyl adjacent to an activating group) is 1. The number of imidazole rings is 1. The number of aromatic nitrogens is 2. The summed E-state index contributed by atoms with van der Waals surface area (Å²) >= 11 is 0. The van der Waals surface area contributed by atoms with E-state index in [0.29, 0.717) is 18.9 Å². The monoisotopic (exact) mass is 593 g/mol. The highest BCUT2D eigenvalue weighted by Gasteiger charge is 2.30. The standard InChI is InChI=1S/C29H47N5O6S/c1-7-13-32(5)17-27-21(2)16-34(22(3)19-35)29(36)25-15-24(31-41(37,38)28-18-33(6)20-30-28)11-12-26(25)40-23(4)10-8-9-14-39-27/h11-12,15,18,20-23,27,31,35H,7-10,13-14,16-17,19H2,1-6H3/t21-,22-,23+,27+/m0/s1. The van der Waals surface area contributed by atoms with E-state index >= 15 is 0 Å². The highest BCUT2D eigenvalue weighted by atomic mass is 32.2. The Morgan fingerprint density at radius 2 is 2.02 bits per heavy atom. The van der Waals surface area contributed by atoms with Gasteiger partial charge in [-0.3, -0.25) is 9.52 Å². The predicted octanol–water partition coefficient (Wildman–Crippen LogP) is 3.36. The first-order valence-electron chi connectivity index (χ1n) is 14.5. The Labute approximate surface area is 244 Å². The van der Waals surface area contributed by atoms with Gasteiger partial charge in [0.2, 0.25) is 0 Å². The molecule has 1 aliphatic rings. The summed E-state index contributed by atoms with van der Waals surface area (Å²) in [4.78, 5) is 22.0. The zero-order valence-electron chi connectivity index (χ0n) is 25.2. The number of aliphatic hydroxyl groups excluding tert-OH is 1. The molecule has 0 radical (unpaired) electrons. The van der Waals surface area contributed by atoms with Crippen molar-refractivity contribution in [2.24, 2.45) is 13.0 Å². The number of amides is 1. The molecule has 0 saturated carbocycles. The third-order valence-corrected chi connectivity index (χ3v) is 8.62. The van der Waals surface area contributed by atoms with Crippen LogP contribution in [0.2, 0.25) is 0 Å². The van der Waals surface area contributed by atoms with Gasteiger partial charge in [-0.25, -0.2) is 4.98 Å². The van der Waals surface area contributed by atoms with Gasteiger partial charge >= 0.3 is 0 Å². The minimum atomic E-state index is -3.97. The lowest BCUT2D eigenvalue weighted by Gasteiger charge is -2.35. The summed E-state index contributed by atoms with van der Waals surface area (Å²) in [6.45, 7) is 10.4. The van der Waals surface area contributed by atoms with E-state index in [2.05, 4.69) is 35.5 Å². The molecule has 1 aliphatic heterocycles. The third-order valence-electron chi connectivity index (χ3n) is 7.36. The maximum absolute atomic E-state index is 14.2. The number of aliphatic hydroxyl groups is 1. The number of rotatable bonds is 9. The fourth-order valence-electron chi connectivity index (χ4n) is 4.96. The Morgan fingerprint density at radius 1 is 1.27 bits per heavy atom. The molecule has 41 heavy (non-hydrogen) atoms. The van der Waals surface area contributed by atoms with Crippen molar-refractivity contribution < 1.29 is 27.8 Å². The largest absolute Gasteiger partial charge is 0.490 e. The summed E-state index contributed by atoms with van der Waals surface area (Å²) in [7, 11) is -0.211. The van der Waals surface area contributed by atoms with Gasteiger partial charge in [0.1, 0.15) is 5.75 Å². The SMILES string of the molecule is CCCN(C)C[C@H]1OCCCC[C@@H](C)Oc2ccc(NS(=O)(=O)c3cn(C)cn3)cc2C(=O)N([C@@H](C)CO)C[C@@H]1C. The summed E-state index contributed by atoms with van der Waals surface area (Å²) in [5, 5.41) is 9.98. The van der Waals surface area contributed by atoms with Gasteiger partial charge in [-0.05, 0) is 71.3 Å². The fourth-order valence-corrected chi connectivity index (χ4v) is 6.00. The molecule has 1 aromatic carbocycles. The lowest BCUT2D eigenvalue weighted by Crippen LogP contribution is -2.47. The number of anilines is 1. The molecule has 1 aromatic heterocycles. The van der Waals surface area contributed by atoms with E-state index in [9.17, 15) is 18.3 Å². The number of carbonyl (C=O) groups excluding carboxylic acids is 1. The van der Waals surface area contributed by atoms with Gasteiger partial charge < -0.3 is 28.9 Å². The Bertz CT molecular complexity index is 1240. The highest BCUT2D eigenvalue weighted by Crippen LogP contribution is 2.29. The van der Waals surface area contributed by atoms with E-state index in [4.69, 9.17) is 9.47 Å². The molecule has 1 amide bonds. The second kappa shape index (κ2) is 15.0. The summed E-state index contributed by atoms with van der Waals surface area (Å²) in [5.74, 6) is 0.000140. The summed E-state index contributed by atoms with van der Waals surface area (Å²) < 4.78 is 42.6. The second-order valence-corrected chi connectivity index (χ2v) is 12.9. The van der Waals surface area contributed by atoms with Gasteiger partial charge in [0.15, 0.2) is 5.03 Å². The summed E-state index contributed by atoms with van der Waals surface area (Å²) in [5.41, 5.74) is 0.440. The number of hydrogen-bond donors (Lipinski definition) is 2. The Balaban J connectivity index is 2.00. The first kappa shape index (κ1) is 32.8. The van der Waals surface area contributed by atoms with Crippen LogP contribution in [0, 0.1) is 5.92 Å². The van der Waals surface area contributed by atoms with Gasteiger partial charge in [-0.1, -0.05) is 13.8 Å². The van der Waals surface area contributed by atoms with Crippen molar-refractivity contribution in [2.75, 3.05) is 44.6 Å². The molecule has 11 nitrogen and oxygen atoms in total.